The number of hydrogen-bond donors (Lipinski definition) is 1. The van der Waals surface area contributed by atoms with E-state index in [9.17, 15) is 14.7 Å². The van der Waals surface area contributed by atoms with Crippen LogP contribution in [0.1, 0.15) is 12.0 Å². The molecule has 2 aliphatic heterocycles. The van der Waals surface area contributed by atoms with Crippen molar-refractivity contribution in [3.05, 3.63) is 60.2 Å². The Balaban J connectivity index is 1.35. The lowest BCUT2D eigenvalue weighted by atomic mass is 10.1. The lowest BCUT2D eigenvalue weighted by molar-refractivity contribution is -0.139. The van der Waals surface area contributed by atoms with Crippen LogP contribution >= 0.6 is 0 Å². The highest BCUT2D eigenvalue weighted by atomic mass is 16.3. The minimum atomic E-state index is -0.352. The summed E-state index contributed by atoms with van der Waals surface area (Å²) >= 11 is 0. The number of amides is 2. The van der Waals surface area contributed by atoms with Gasteiger partial charge in [-0.2, -0.15) is 0 Å². The van der Waals surface area contributed by atoms with Crippen molar-refractivity contribution < 1.29 is 14.7 Å². The Morgan fingerprint density at radius 2 is 1.57 bits per heavy atom. The smallest absolute Gasteiger partial charge is 0.247 e. The van der Waals surface area contributed by atoms with Crippen molar-refractivity contribution >= 4 is 17.5 Å². The number of carbonyl (C=O) groups excluding carboxylic acids is 2. The third-order valence-electron chi connectivity index (χ3n) is 5.66. The normalized spacial score (nSPS) is 20.8. The van der Waals surface area contributed by atoms with Gasteiger partial charge in [-0.25, -0.2) is 0 Å². The molecule has 2 fully saturated rings. The molecule has 2 aromatic carbocycles. The van der Waals surface area contributed by atoms with Gasteiger partial charge >= 0.3 is 0 Å². The van der Waals surface area contributed by atoms with Gasteiger partial charge in [-0.3, -0.25) is 19.4 Å². The number of phenolic OH excluding ortho intramolecular Hbond substituents is 1. The van der Waals surface area contributed by atoms with Crippen LogP contribution in [0.2, 0.25) is 0 Å². The fourth-order valence-corrected chi connectivity index (χ4v) is 4.08. The number of imide groups is 1. The summed E-state index contributed by atoms with van der Waals surface area (Å²) in [4.78, 5) is 30.9. The predicted octanol–water partition coefficient (Wildman–Crippen LogP) is 1.88. The average Bonchev–Trinajstić information content (AvgIpc) is 3.01. The first-order valence-electron chi connectivity index (χ1n) is 9.78. The summed E-state index contributed by atoms with van der Waals surface area (Å²) in [7, 11) is 0. The van der Waals surface area contributed by atoms with Crippen molar-refractivity contribution in [3.8, 4) is 5.75 Å². The molecular formula is C22H25N3O3. The van der Waals surface area contributed by atoms with Gasteiger partial charge < -0.3 is 10.0 Å². The topological polar surface area (TPSA) is 64.1 Å². The van der Waals surface area contributed by atoms with Crippen molar-refractivity contribution in [3.63, 3.8) is 0 Å². The monoisotopic (exact) mass is 379 g/mol. The zero-order valence-corrected chi connectivity index (χ0v) is 15.8. The van der Waals surface area contributed by atoms with Gasteiger partial charge in [0.05, 0.1) is 18.2 Å². The first-order valence-corrected chi connectivity index (χ1v) is 9.78. The van der Waals surface area contributed by atoms with E-state index in [1.165, 1.54) is 4.90 Å². The Labute approximate surface area is 165 Å². The number of rotatable bonds is 5. The number of piperazine rings is 1. The molecule has 6 heteroatoms. The lowest BCUT2D eigenvalue weighted by Gasteiger charge is -2.38. The fourth-order valence-electron chi connectivity index (χ4n) is 4.08. The van der Waals surface area contributed by atoms with Crippen LogP contribution in [-0.2, 0) is 16.0 Å². The highest BCUT2D eigenvalue weighted by molar-refractivity contribution is 6.05. The molecule has 0 bridgehead atoms. The number of phenols is 1. The molecule has 1 atom stereocenters. The van der Waals surface area contributed by atoms with Gasteiger partial charge in [0.15, 0.2) is 0 Å². The highest BCUT2D eigenvalue weighted by Crippen LogP contribution is 2.28. The molecule has 28 heavy (non-hydrogen) atoms. The number of hydrogen-bond acceptors (Lipinski definition) is 5. The van der Waals surface area contributed by atoms with E-state index in [1.54, 1.807) is 6.07 Å². The molecule has 2 amide bonds. The summed E-state index contributed by atoms with van der Waals surface area (Å²) in [6.45, 7) is 3.28. The van der Waals surface area contributed by atoms with Crippen LogP contribution in [-0.4, -0.2) is 65.5 Å². The van der Waals surface area contributed by atoms with E-state index in [4.69, 9.17) is 0 Å². The molecule has 146 valence electrons. The van der Waals surface area contributed by atoms with Crippen molar-refractivity contribution in [1.82, 2.24) is 9.80 Å². The number of aromatic hydroxyl groups is 1. The quantitative estimate of drug-likeness (QED) is 0.804. The third kappa shape index (κ3) is 3.73. The van der Waals surface area contributed by atoms with E-state index >= 15 is 0 Å². The highest BCUT2D eigenvalue weighted by Gasteiger charge is 2.42. The molecule has 0 aromatic heterocycles. The molecular weight excluding hydrogens is 354 g/mol. The fraction of sp³-hybridized carbons (Fsp3) is 0.364. The molecule has 4 rings (SSSR count). The largest absolute Gasteiger partial charge is 0.506 e. The van der Waals surface area contributed by atoms with E-state index in [0.717, 1.165) is 24.3 Å². The van der Waals surface area contributed by atoms with Crippen LogP contribution in [0.15, 0.2) is 54.6 Å². The van der Waals surface area contributed by atoms with Gasteiger partial charge in [0.2, 0.25) is 11.8 Å². The van der Waals surface area contributed by atoms with E-state index in [-0.39, 0.29) is 30.0 Å². The lowest BCUT2D eigenvalue weighted by Crippen LogP contribution is -2.52. The molecule has 2 heterocycles. The van der Waals surface area contributed by atoms with E-state index in [0.29, 0.717) is 26.1 Å². The van der Waals surface area contributed by atoms with Crippen LogP contribution in [0, 0.1) is 0 Å². The first kappa shape index (κ1) is 18.5. The maximum Gasteiger partial charge on any atom is 0.247 e. The van der Waals surface area contributed by atoms with E-state index < -0.39 is 0 Å². The van der Waals surface area contributed by atoms with Crippen molar-refractivity contribution in [2.75, 3.05) is 37.6 Å². The van der Waals surface area contributed by atoms with Crippen LogP contribution in [0.5, 0.6) is 5.75 Å². The second-order valence-corrected chi connectivity index (χ2v) is 7.35. The number of nitrogens with zero attached hydrogens (tertiary/aromatic N) is 3. The van der Waals surface area contributed by atoms with Gasteiger partial charge in [0.25, 0.3) is 0 Å². The van der Waals surface area contributed by atoms with Crippen LogP contribution < -0.4 is 4.90 Å². The van der Waals surface area contributed by atoms with Crippen molar-refractivity contribution in [1.29, 1.82) is 0 Å². The van der Waals surface area contributed by atoms with Crippen LogP contribution in [0.25, 0.3) is 0 Å². The summed E-state index contributed by atoms with van der Waals surface area (Å²) in [6.07, 6.45) is 0.955. The standard InChI is InChI=1S/C22H25N3O3/c26-20-9-5-4-8-18(20)23-12-14-24(15-13-23)19-16-21(27)25(22(19)28)11-10-17-6-2-1-3-7-17/h1-9,19,26H,10-16H2/t19-/m1/s1. The number of carbonyl (C=O) groups is 2. The zero-order valence-electron chi connectivity index (χ0n) is 15.8. The van der Waals surface area contributed by atoms with Crippen molar-refractivity contribution in [2.45, 2.75) is 18.9 Å². The maximum atomic E-state index is 12.9. The second-order valence-electron chi connectivity index (χ2n) is 7.35. The molecule has 2 aromatic rings. The van der Waals surface area contributed by atoms with Gasteiger partial charge in [0, 0.05) is 32.7 Å². The Kier molecular flexibility index (Phi) is 5.30. The Bertz CT molecular complexity index is 847. The van der Waals surface area contributed by atoms with Gasteiger partial charge in [-0.05, 0) is 24.1 Å². The Morgan fingerprint density at radius 1 is 0.893 bits per heavy atom. The molecule has 6 nitrogen and oxygen atoms in total. The Hall–Kier alpha value is -2.86. The number of anilines is 1. The molecule has 0 radical (unpaired) electrons. The molecule has 0 spiro atoms. The van der Waals surface area contributed by atoms with E-state index in [1.807, 2.05) is 48.5 Å². The molecule has 0 unspecified atom stereocenters. The summed E-state index contributed by atoms with van der Waals surface area (Å²) in [5.41, 5.74) is 1.95. The van der Waals surface area contributed by atoms with Gasteiger partial charge in [-0.1, -0.05) is 42.5 Å². The molecule has 2 aliphatic rings. The maximum absolute atomic E-state index is 12.9. The minimum absolute atomic E-state index is 0.0723. The third-order valence-corrected chi connectivity index (χ3v) is 5.66. The van der Waals surface area contributed by atoms with Gasteiger partial charge in [-0.15, -0.1) is 0 Å². The van der Waals surface area contributed by atoms with Crippen molar-refractivity contribution in [2.24, 2.45) is 0 Å². The SMILES string of the molecule is O=C1C[C@@H](N2CCN(c3ccccc3O)CC2)C(=O)N1CCc1ccccc1. The second kappa shape index (κ2) is 8.02. The van der Waals surface area contributed by atoms with Gasteiger partial charge in [0.1, 0.15) is 5.75 Å². The summed E-state index contributed by atoms with van der Waals surface area (Å²) < 4.78 is 0. The number of benzene rings is 2. The van der Waals surface area contributed by atoms with Crippen LogP contribution in [0.3, 0.4) is 0 Å². The molecule has 2 saturated heterocycles. The predicted molar refractivity (Wildman–Crippen MR) is 107 cm³/mol. The van der Waals surface area contributed by atoms with Crippen LogP contribution in [0.4, 0.5) is 5.69 Å². The summed E-state index contributed by atoms with van der Waals surface area (Å²) in [5, 5.41) is 10.0. The summed E-state index contributed by atoms with van der Waals surface area (Å²) in [6, 6.07) is 16.9. The summed E-state index contributed by atoms with van der Waals surface area (Å²) in [5.74, 6) is 0.126. The molecule has 0 saturated carbocycles. The molecule has 0 aliphatic carbocycles. The first-order chi connectivity index (χ1) is 13.6. The van der Waals surface area contributed by atoms with E-state index in [2.05, 4.69) is 9.80 Å². The molecule has 1 N–H and O–H groups in total. The number of likely N-dealkylation sites (tertiary alicyclic amines) is 1. The minimum Gasteiger partial charge on any atom is -0.506 e. The number of para-hydroxylation sites is 2. The zero-order chi connectivity index (χ0) is 19.5. The average molecular weight is 379 g/mol. The Morgan fingerprint density at radius 3 is 2.29 bits per heavy atom.